The first-order chi connectivity index (χ1) is 12.7. The van der Waals surface area contributed by atoms with Crippen LogP contribution >= 0.6 is 0 Å². The molecule has 0 aliphatic carbocycles. The van der Waals surface area contributed by atoms with E-state index in [1.807, 2.05) is 0 Å². The smallest absolute Gasteiger partial charge is 0.278 e. The number of rotatable bonds is 13. The summed E-state index contributed by atoms with van der Waals surface area (Å²) >= 11 is 0. The number of aliphatic hydroxyl groups is 3. The molecular formula is C20H30F4O3. The Morgan fingerprint density at radius 3 is 1.93 bits per heavy atom. The zero-order valence-corrected chi connectivity index (χ0v) is 15.8. The van der Waals surface area contributed by atoms with E-state index in [0.717, 1.165) is 38.5 Å². The number of aryl methyl sites for hydroxylation is 1. The molecule has 0 heterocycles. The topological polar surface area (TPSA) is 60.7 Å². The molecule has 1 aromatic carbocycles. The monoisotopic (exact) mass is 394 g/mol. The summed E-state index contributed by atoms with van der Waals surface area (Å²) < 4.78 is 52.9. The Kier molecular flexibility index (Phi) is 10.3. The van der Waals surface area contributed by atoms with Crippen molar-refractivity contribution in [3.63, 3.8) is 0 Å². The Bertz CT molecular complexity index is 573. The van der Waals surface area contributed by atoms with Crippen molar-refractivity contribution in [1.82, 2.24) is 0 Å². The Labute approximate surface area is 158 Å². The first-order valence-corrected chi connectivity index (χ1v) is 9.67. The summed E-state index contributed by atoms with van der Waals surface area (Å²) in [5, 5.41) is 28.5. The minimum atomic E-state index is -2.79. The van der Waals surface area contributed by atoms with Gasteiger partial charge in [-0.05, 0) is 37.3 Å². The van der Waals surface area contributed by atoms with E-state index in [4.69, 9.17) is 0 Å². The Morgan fingerprint density at radius 2 is 1.33 bits per heavy atom. The van der Waals surface area contributed by atoms with Crippen molar-refractivity contribution in [3.05, 3.63) is 34.9 Å². The Hall–Kier alpha value is -1.18. The van der Waals surface area contributed by atoms with Crippen LogP contribution in [-0.4, -0.2) is 21.3 Å². The third kappa shape index (κ3) is 8.15. The van der Waals surface area contributed by atoms with Crippen LogP contribution in [0.3, 0.4) is 0 Å². The van der Waals surface area contributed by atoms with Crippen LogP contribution in [0.2, 0.25) is 0 Å². The minimum Gasteiger partial charge on any atom is -0.343 e. The van der Waals surface area contributed by atoms with E-state index in [1.54, 1.807) is 0 Å². The van der Waals surface area contributed by atoms with E-state index in [2.05, 4.69) is 6.92 Å². The highest BCUT2D eigenvalue weighted by Gasteiger charge is 2.31. The number of benzene rings is 1. The normalized spacial score (nSPS) is 13.2. The lowest BCUT2D eigenvalue weighted by Crippen LogP contribution is -2.37. The molecule has 0 aliphatic heterocycles. The van der Waals surface area contributed by atoms with Crippen molar-refractivity contribution in [2.75, 3.05) is 0 Å². The second-order valence-electron chi connectivity index (χ2n) is 7.15. The number of unbranched alkanes of at least 4 members (excludes halogenated alkanes) is 6. The SMILES string of the molecule is CCCCCCCCC(CCCCc1cc(F)c(F)c(F)c1F)C(O)(O)O. The van der Waals surface area contributed by atoms with Gasteiger partial charge in [0.15, 0.2) is 23.3 Å². The fourth-order valence-electron chi connectivity index (χ4n) is 3.21. The molecule has 0 amide bonds. The van der Waals surface area contributed by atoms with Gasteiger partial charge in [0.25, 0.3) is 5.97 Å². The molecule has 1 atom stereocenters. The number of halogens is 4. The second-order valence-corrected chi connectivity index (χ2v) is 7.15. The predicted octanol–water partition coefficient (Wildman–Crippen LogP) is 4.95. The summed E-state index contributed by atoms with van der Waals surface area (Å²) in [5.74, 6) is -10.0. The summed E-state index contributed by atoms with van der Waals surface area (Å²) in [6.07, 6.45) is 7.56. The van der Waals surface area contributed by atoms with Gasteiger partial charge in [-0.1, -0.05) is 51.9 Å². The lowest BCUT2D eigenvalue weighted by Gasteiger charge is -2.26. The van der Waals surface area contributed by atoms with E-state index >= 15 is 0 Å². The molecule has 0 radical (unpaired) electrons. The van der Waals surface area contributed by atoms with Crippen molar-refractivity contribution in [3.8, 4) is 0 Å². The van der Waals surface area contributed by atoms with Gasteiger partial charge in [-0.3, -0.25) is 0 Å². The fourth-order valence-corrected chi connectivity index (χ4v) is 3.21. The summed E-state index contributed by atoms with van der Waals surface area (Å²) in [6, 6.07) is 0.635. The third-order valence-electron chi connectivity index (χ3n) is 4.88. The van der Waals surface area contributed by atoms with Gasteiger partial charge >= 0.3 is 0 Å². The maximum atomic E-state index is 13.6. The maximum absolute atomic E-state index is 13.6. The van der Waals surface area contributed by atoms with E-state index in [1.165, 1.54) is 0 Å². The highest BCUT2D eigenvalue weighted by molar-refractivity contribution is 5.21. The number of hydrogen-bond acceptors (Lipinski definition) is 3. The van der Waals surface area contributed by atoms with Gasteiger partial charge in [0.2, 0.25) is 0 Å². The van der Waals surface area contributed by atoms with Crippen molar-refractivity contribution in [2.45, 2.75) is 83.5 Å². The summed E-state index contributed by atoms with van der Waals surface area (Å²) in [7, 11) is 0. The highest BCUT2D eigenvalue weighted by Crippen LogP contribution is 2.26. The molecule has 0 spiro atoms. The van der Waals surface area contributed by atoms with E-state index in [-0.39, 0.29) is 18.4 Å². The van der Waals surface area contributed by atoms with E-state index in [0.29, 0.717) is 25.3 Å². The molecule has 0 fully saturated rings. The van der Waals surface area contributed by atoms with Gasteiger partial charge in [-0.15, -0.1) is 0 Å². The molecule has 0 bridgehead atoms. The molecule has 0 saturated heterocycles. The molecule has 1 rings (SSSR count). The predicted molar refractivity (Wildman–Crippen MR) is 94.7 cm³/mol. The summed E-state index contributed by atoms with van der Waals surface area (Å²) in [6.45, 7) is 2.12. The molecular weight excluding hydrogens is 364 g/mol. The van der Waals surface area contributed by atoms with Crippen LogP contribution in [0.25, 0.3) is 0 Å². The average molecular weight is 394 g/mol. The quantitative estimate of drug-likeness (QED) is 0.146. The van der Waals surface area contributed by atoms with Gasteiger partial charge in [-0.25, -0.2) is 17.6 Å². The van der Waals surface area contributed by atoms with Crippen LogP contribution < -0.4 is 0 Å². The molecule has 1 aromatic rings. The van der Waals surface area contributed by atoms with Crippen LogP contribution in [0.1, 0.15) is 76.7 Å². The van der Waals surface area contributed by atoms with Gasteiger partial charge in [0.1, 0.15) is 0 Å². The van der Waals surface area contributed by atoms with Crippen LogP contribution in [0, 0.1) is 29.2 Å². The highest BCUT2D eigenvalue weighted by atomic mass is 19.2. The largest absolute Gasteiger partial charge is 0.343 e. The maximum Gasteiger partial charge on any atom is 0.278 e. The first kappa shape index (κ1) is 23.9. The summed E-state index contributed by atoms with van der Waals surface area (Å²) in [5.41, 5.74) is -0.262. The molecule has 1 unspecified atom stereocenters. The van der Waals surface area contributed by atoms with Crippen LogP contribution in [0.4, 0.5) is 17.6 Å². The minimum absolute atomic E-state index is 0.0149. The van der Waals surface area contributed by atoms with Crippen LogP contribution in [0.15, 0.2) is 6.07 Å². The lowest BCUT2D eigenvalue weighted by molar-refractivity contribution is -0.344. The first-order valence-electron chi connectivity index (χ1n) is 9.67. The molecule has 0 aromatic heterocycles. The molecule has 27 heavy (non-hydrogen) atoms. The van der Waals surface area contributed by atoms with Crippen molar-refractivity contribution < 1.29 is 32.9 Å². The zero-order valence-electron chi connectivity index (χ0n) is 15.8. The van der Waals surface area contributed by atoms with Gasteiger partial charge in [0.05, 0.1) is 0 Å². The van der Waals surface area contributed by atoms with E-state index < -0.39 is 35.2 Å². The third-order valence-corrected chi connectivity index (χ3v) is 4.88. The Morgan fingerprint density at radius 1 is 0.778 bits per heavy atom. The second kappa shape index (κ2) is 11.6. The van der Waals surface area contributed by atoms with E-state index in [9.17, 15) is 32.9 Å². The van der Waals surface area contributed by atoms with Crippen molar-refractivity contribution in [2.24, 2.45) is 5.92 Å². The van der Waals surface area contributed by atoms with Crippen LogP contribution in [-0.2, 0) is 6.42 Å². The molecule has 3 N–H and O–H groups in total. The summed E-state index contributed by atoms with van der Waals surface area (Å²) in [4.78, 5) is 0. The van der Waals surface area contributed by atoms with Crippen LogP contribution in [0.5, 0.6) is 0 Å². The fraction of sp³-hybridized carbons (Fsp3) is 0.700. The van der Waals surface area contributed by atoms with Gasteiger partial charge in [-0.2, -0.15) is 0 Å². The Balaban J connectivity index is 2.44. The zero-order chi connectivity index (χ0) is 20.4. The molecule has 0 aliphatic rings. The standard InChI is InChI=1S/C20H30F4O3/c1-2-3-4-5-6-7-11-15(20(25,26)27)12-9-8-10-14-13-16(21)18(23)19(24)17(14)22/h13,15,25-27H,2-12H2,1H3. The van der Waals surface area contributed by atoms with Crippen molar-refractivity contribution >= 4 is 0 Å². The van der Waals surface area contributed by atoms with Gasteiger partial charge < -0.3 is 15.3 Å². The molecule has 0 saturated carbocycles. The molecule has 156 valence electrons. The number of hydrogen-bond donors (Lipinski definition) is 3. The lowest BCUT2D eigenvalue weighted by atomic mass is 9.92. The van der Waals surface area contributed by atoms with Crippen molar-refractivity contribution in [1.29, 1.82) is 0 Å². The van der Waals surface area contributed by atoms with Gasteiger partial charge in [0, 0.05) is 5.92 Å². The molecule has 3 nitrogen and oxygen atoms in total. The molecule has 7 heteroatoms. The average Bonchev–Trinajstić information content (AvgIpc) is 2.60.